The molecule has 0 radical (unpaired) electrons. The Hall–Kier alpha value is -3.99. The van der Waals surface area contributed by atoms with Crippen LogP contribution in [0.1, 0.15) is 35.2 Å². The van der Waals surface area contributed by atoms with Gasteiger partial charge in [-0.05, 0) is 37.6 Å². The summed E-state index contributed by atoms with van der Waals surface area (Å²) < 4.78 is 17.0. The predicted molar refractivity (Wildman–Crippen MR) is 146 cm³/mol. The molecule has 0 saturated carbocycles. The highest BCUT2D eigenvalue weighted by atomic mass is 16.5. The van der Waals surface area contributed by atoms with Gasteiger partial charge in [-0.25, -0.2) is 4.79 Å². The third-order valence-electron chi connectivity index (χ3n) is 7.26. The van der Waals surface area contributed by atoms with Crippen LogP contribution in [0.4, 0.5) is 0 Å². The molecule has 40 heavy (non-hydrogen) atoms. The second-order valence-corrected chi connectivity index (χ2v) is 9.72. The zero-order valence-corrected chi connectivity index (χ0v) is 22.1. The number of ether oxygens (including phenoxy) is 2. The van der Waals surface area contributed by atoms with Crippen molar-refractivity contribution in [2.45, 2.75) is 37.5 Å². The number of amides is 2. The lowest BCUT2D eigenvalue weighted by Gasteiger charge is -2.40. The molecule has 2 aromatic carbocycles. The van der Waals surface area contributed by atoms with Crippen LogP contribution in [0.3, 0.4) is 0 Å². The van der Waals surface area contributed by atoms with Gasteiger partial charge in [0, 0.05) is 42.8 Å². The average Bonchev–Trinajstić information content (AvgIpc) is 3.36. The van der Waals surface area contributed by atoms with Gasteiger partial charge in [-0.2, -0.15) is 0 Å². The average molecular weight is 549 g/mol. The number of carbonyl (C=O) groups excluding carboxylic acids is 2. The number of aliphatic hydroxyl groups excluding tert-OH is 2. The second kappa shape index (κ2) is 12.0. The van der Waals surface area contributed by atoms with Crippen LogP contribution < -0.4 is 15.7 Å². The Bertz CT molecular complexity index is 1480. The van der Waals surface area contributed by atoms with Crippen LogP contribution in [0.2, 0.25) is 0 Å². The van der Waals surface area contributed by atoms with Gasteiger partial charge < -0.3 is 34.3 Å². The first kappa shape index (κ1) is 27.6. The number of hydrogen-bond donors (Lipinski definition) is 3. The highest BCUT2D eigenvalue weighted by Crippen LogP contribution is 2.47. The molecular weight excluding hydrogens is 516 g/mol. The van der Waals surface area contributed by atoms with Crippen LogP contribution in [0.25, 0.3) is 11.0 Å². The molecule has 5 rings (SSSR count). The number of hydrogen-bond acceptors (Lipinski definition) is 8. The first-order valence-electron chi connectivity index (χ1n) is 13.4. The quantitative estimate of drug-likeness (QED) is 0.258. The molecule has 210 valence electrons. The van der Waals surface area contributed by atoms with E-state index in [-0.39, 0.29) is 25.3 Å². The van der Waals surface area contributed by atoms with E-state index < -0.39 is 41.6 Å². The van der Waals surface area contributed by atoms with E-state index in [9.17, 15) is 24.6 Å². The standard InChI is InChI=1S/C30H32N2O8/c1-2-38-15-7-13-32(29(36)21-16-18-8-3-5-10-23(18)40-30(21)37)22-17-20(28(35)31-12-14-33)25-19-9-4-6-11-24(19)39-27(25)26(22)34/h3-6,8-11,16-17,22,25-27,33-34H,2,7,12-15H2,1H3,(H,31,35). The summed E-state index contributed by atoms with van der Waals surface area (Å²) in [5.74, 6) is -1.11. The number of fused-ring (bicyclic) bond motifs is 4. The van der Waals surface area contributed by atoms with Crippen molar-refractivity contribution in [3.63, 3.8) is 0 Å². The SMILES string of the molecule is CCOCCCN(C(=O)c1cc2ccccc2oc1=O)C1C=C(C(=O)NCCO)C2c3ccccc3OC2C1O. The molecule has 0 saturated heterocycles. The lowest BCUT2D eigenvalue weighted by Crippen LogP contribution is -2.56. The number of rotatable bonds is 10. The molecule has 0 fully saturated rings. The van der Waals surface area contributed by atoms with Crippen LogP contribution in [0.15, 0.2) is 75.5 Å². The summed E-state index contributed by atoms with van der Waals surface area (Å²) in [5, 5.41) is 24.2. The van der Waals surface area contributed by atoms with Crippen molar-refractivity contribution in [3.8, 4) is 5.75 Å². The third-order valence-corrected chi connectivity index (χ3v) is 7.26. The molecular formula is C30H32N2O8. The van der Waals surface area contributed by atoms with Crippen molar-refractivity contribution >= 4 is 22.8 Å². The largest absolute Gasteiger partial charge is 0.486 e. The Morgan fingerprint density at radius 3 is 2.70 bits per heavy atom. The van der Waals surface area contributed by atoms with Crippen LogP contribution in [0.5, 0.6) is 5.75 Å². The van der Waals surface area contributed by atoms with Gasteiger partial charge in [0.25, 0.3) is 5.91 Å². The molecule has 2 amide bonds. The fourth-order valence-corrected chi connectivity index (χ4v) is 5.42. The summed E-state index contributed by atoms with van der Waals surface area (Å²) in [4.78, 5) is 41.6. The van der Waals surface area contributed by atoms with Crippen molar-refractivity contribution in [3.05, 3.63) is 87.8 Å². The van der Waals surface area contributed by atoms with Crippen molar-refractivity contribution in [1.29, 1.82) is 0 Å². The van der Waals surface area contributed by atoms with Crippen molar-refractivity contribution in [2.75, 3.05) is 32.9 Å². The molecule has 2 aliphatic rings. The van der Waals surface area contributed by atoms with Crippen LogP contribution in [0, 0.1) is 0 Å². The second-order valence-electron chi connectivity index (χ2n) is 9.72. The summed E-state index contributed by atoms with van der Waals surface area (Å²) >= 11 is 0. The highest BCUT2D eigenvalue weighted by molar-refractivity contribution is 5.98. The predicted octanol–water partition coefficient (Wildman–Crippen LogP) is 1.98. The third kappa shape index (κ3) is 5.25. The van der Waals surface area contributed by atoms with Crippen LogP contribution in [-0.2, 0) is 9.53 Å². The first-order chi connectivity index (χ1) is 19.4. The zero-order valence-electron chi connectivity index (χ0n) is 22.1. The van der Waals surface area contributed by atoms with Gasteiger partial charge in [-0.15, -0.1) is 0 Å². The summed E-state index contributed by atoms with van der Waals surface area (Å²) in [6.07, 6.45) is -0.0602. The molecule has 1 aliphatic heterocycles. The fraction of sp³-hybridized carbons (Fsp3) is 0.367. The molecule has 2 heterocycles. The summed E-state index contributed by atoms with van der Waals surface area (Å²) in [5.41, 5.74) is 0.440. The number of aliphatic hydroxyl groups is 2. The van der Waals surface area contributed by atoms with E-state index >= 15 is 0 Å². The summed E-state index contributed by atoms with van der Waals surface area (Å²) in [6.45, 7) is 2.66. The minimum absolute atomic E-state index is 0.0401. The fourth-order valence-electron chi connectivity index (χ4n) is 5.42. The number of nitrogens with one attached hydrogen (secondary N) is 1. The first-order valence-corrected chi connectivity index (χ1v) is 13.4. The van der Waals surface area contributed by atoms with E-state index in [2.05, 4.69) is 5.32 Å². The minimum Gasteiger partial charge on any atom is -0.486 e. The smallest absolute Gasteiger partial charge is 0.349 e. The Balaban J connectivity index is 1.57. The maximum absolute atomic E-state index is 14.0. The molecule has 1 aromatic heterocycles. The van der Waals surface area contributed by atoms with Crippen molar-refractivity contribution in [2.24, 2.45) is 0 Å². The van der Waals surface area contributed by atoms with E-state index in [0.717, 1.165) is 5.56 Å². The molecule has 10 nitrogen and oxygen atoms in total. The minimum atomic E-state index is -1.21. The highest BCUT2D eigenvalue weighted by Gasteiger charge is 2.50. The Morgan fingerprint density at radius 2 is 1.90 bits per heavy atom. The molecule has 3 N–H and O–H groups in total. The monoisotopic (exact) mass is 548 g/mol. The number of carbonyl (C=O) groups is 2. The van der Waals surface area contributed by atoms with Gasteiger partial charge in [0.1, 0.15) is 29.1 Å². The number of para-hydroxylation sites is 2. The molecule has 4 atom stereocenters. The van der Waals surface area contributed by atoms with Crippen LogP contribution >= 0.6 is 0 Å². The van der Waals surface area contributed by atoms with E-state index in [1.54, 1.807) is 42.5 Å². The van der Waals surface area contributed by atoms with Gasteiger partial charge in [-0.1, -0.05) is 36.4 Å². The zero-order chi connectivity index (χ0) is 28.2. The Labute approximate surface area is 230 Å². The Kier molecular flexibility index (Phi) is 8.29. The van der Waals surface area contributed by atoms with E-state index in [1.807, 2.05) is 19.1 Å². The normalized spacial score (nSPS) is 21.2. The maximum atomic E-state index is 14.0. The molecule has 0 bridgehead atoms. The van der Waals surface area contributed by atoms with E-state index in [0.29, 0.717) is 41.9 Å². The molecule has 1 aliphatic carbocycles. The summed E-state index contributed by atoms with van der Waals surface area (Å²) in [7, 11) is 0. The van der Waals surface area contributed by atoms with Gasteiger partial charge in [-0.3, -0.25) is 9.59 Å². The maximum Gasteiger partial charge on any atom is 0.349 e. The van der Waals surface area contributed by atoms with Gasteiger partial charge in [0.15, 0.2) is 0 Å². The lowest BCUT2D eigenvalue weighted by molar-refractivity contribution is -0.118. The van der Waals surface area contributed by atoms with Gasteiger partial charge in [0.05, 0.1) is 18.6 Å². The molecule has 4 unspecified atom stereocenters. The van der Waals surface area contributed by atoms with Gasteiger partial charge in [0.2, 0.25) is 5.91 Å². The van der Waals surface area contributed by atoms with Crippen molar-refractivity contribution in [1.82, 2.24) is 10.2 Å². The van der Waals surface area contributed by atoms with E-state index in [4.69, 9.17) is 13.9 Å². The van der Waals surface area contributed by atoms with E-state index in [1.165, 1.54) is 11.0 Å². The molecule has 10 heteroatoms. The Morgan fingerprint density at radius 1 is 1.12 bits per heavy atom. The van der Waals surface area contributed by atoms with Crippen LogP contribution in [-0.4, -0.2) is 78.1 Å². The van der Waals surface area contributed by atoms with Crippen molar-refractivity contribution < 1.29 is 33.7 Å². The topological polar surface area (TPSA) is 139 Å². The number of benzene rings is 2. The molecule has 3 aromatic rings. The number of nitrogens with zero attached hydrogens (tertiary/aromatic N) is 1. The van der Waals surface area contributed by atoms with Gasteiger partial charge >= 0.3 is 5.63 Å². The summed E-state index contributed by atoms with van der Waals surface area (Å²) in [6, 6.07) is 14.6. The molecule has 0 spiro atoms. The lowest BCUT2D eigenvalue weighted by atomic mass is 9.77.